The van der Waals surface area contributed by atoms with Crippen molar-refractivity contribution in [2.24, 2.45) is 0 Å². The summed E-state index contributed by atoms with van der Waals surface area (Å²) in [7, 11) is 1.61. The van der Waals surface area contributed by atoms with Crippen LogP contribution in [-0.4, -0.2) is 29.4 Å². The topological polar surface area (TPSA) is 65.4 Å². The standard InChI is InChI=1S/C24H27N3O3/c1-3-15-30-22-11-9-19(16-23(22)29-2)10-12-24(28)25-17-20-5-7-21(8-6-20)18-27-14-4-13-26-27/h4-14,16H,3,15,17-18H2,1-2H3,(H,25,28)/b12-10+. The molecule has 1 amide bonds. The summed E-state index contributed by atoms with van der Waals surface area (Å²) in [5.41, 5.74) is 3.07. The smallest absolute Gasteiger partial charge is 0.244 e. The second-order valence-corrected chi connectivity index (χ2v) is 6.83. The molecule has 6 heteroatoms. The molecule has 0 aliphatic rings. The number of benzene rings is 2. The fourth-order valence-electron chi connectivity index (χ4n) is 2.88. The number of amides is 1. The quantitative estimate of drug-likeness (QED) is 0.517. The van der Waals surface area contributed by atoms with Crippen LogP contribution in [0.1, 0.15) is 30.0 Å². The Morgan fingerprint density at radius 1 is 1.13 bits per heavy atom. The summed E-state index contributed by atoms with van der Waals surface area (Å²) in [5, 5.41) is 7.11. The van der Waals surface area contributed by atoms with Crippen LogP contribution < -0.4 is 14.8 Å². The summed E-state index contributed by atoms with van der Waals surface area (Å²) >= 11 is 0. The Kier molecular flexibility index (Phi) is 7.66. The van der Waals surface area contributed by atoms with E-state index in [0.29, 0.717) is 24.7 Å². The highest BCUT2D eigenvalue weighted by atomic mass is 16.5. The van der Waals surface area contributed by atoms with E-state index in [2.05, 4.69) is 17.3 Å². The molecule has 3 aromatic rings. The van der Waals surface area contributed by atoms with E-state index in [1.54, 1.807) is 19.4 Å². The van der Waals surface area contributed by atoms with Gasteiger partial charge in [0.2, 0.25) is 5.91 Å². The summed E-state index contributed by atoms with van der Waals surface area (Å²) in [5.74, 6) is 1.21. The van der Waals surface area contributed by atoms with Crippen LogP contribution in [-0.2, 0) is 17.9 Å². The highest BCUT2D eigenvalue weighted by molar-refractivity contribution is 5.91. The summed E-state index contributed by atoms with van der Waals surface area (Å²) in [6.45, 7) is 3.89. The van der Waals surface area contributed by atoms with Crippen LogP contribution in [0.5, 0.6) is 11.5 Å². The first-order valence-corrected chi connectivity index (χ1v) is 10.00. The van der Waals surface area contributed by atoms with Crippen molar-refractivity contribution in [3.05, 3.63) is 83.7 Å². The monoisotopic (exact) mass is 405 g/mol. The highest BCUT2D eigenvalue weighted by Gasteiger charge is 2.05. The van der Waals surface area contributed by atoms with E-state index in [9.17, 15) is 4.79 Å². The van der Waals surface area contributed by atoms with E-state index in [-0.39, 0.29) is 5.91 Å². The molecule has 0 radical (unpaired) electrons. The molecule has 1 heterocycles. The van der Waals surface area contributed by atoms with Crippen molar-refractivity contribution in [2.45, 2.75) is 26.4 Å². The molecule has 3 rings (SSSR count). The lowest BCUT2D eigenvalue weighted by Crippen LogP contribution is -2.20. The zero-order chi connectivity index (χ0) is 21.2. The van der Waals surface area contributed by atoms with Crippen LogP contribution in [0, 0.1) is 0 Å². The minimum atomic E-state index is -0.152. The summed E-state index contributed by atoms with van der Waals surface area (Å²) in [6.07, 6.45) is 7.91. The molecule has 0 spiro atoms. The number of carbonyl (C=O) groups excluding carboxylic acids is 1. The lowest BCUT2D eigenvalue weighted by Gasteiger charge is -2.10. The fraction of sp³-hybridized carbons (Fsp3) is 0.250. The van der Waals surface area contributed by atoms with Crippen molar-refractivity contribution in [1.82, 2.24) is 15.1 Å². The Bertz CT molecular complexity index is 964. The zero-order valence-electron chi connectivity index (χ0n) is 17.4. The lowest BCUT2D eigenvalue weighted by atomic mass is 10.1. The number of ether oxygens (including phenoxy) is 2. The molecule has 156 valence electrons. The second kappa shape index (κ2) is 10.9. The number of rotatable bonds is 10. The highest BCUT2D eigenvalue weighted by Crippen LogP contribution is 2.28. The van der Waals surface area contributed by atoms with Crippen molar-refractivity contribution in [2.75, 3.05) is 13.7 Å². The van der Waals surface area contributed by atoms with Crippen molar-refractivity contribution < 1.29 is 14.3 Å². The molecule has 0 aliphatic carbocycles. The molecule has 0 unspecified atom stereocenters. The van der Waals surface area contributed by atoms with Gasteiger partial charge in [0, 0.05) is 25.0 Å². The molecule has 0 saturated carbocycles. The number of hydrogen-bond acceptors (Lipinski definition) is 4. The number of carbonyl (C=O) groups is 1. The minimum Gasteiger partial charge on any atom is -0.493 e. The number of aromatic nitrogens is 2. The molecular formula is C24H27N3O3. The van der Waals surface area contributed by atoms with Crippen LogP contribution in [0.15, 0.2) is 67.0 Å². The fourth-order valence-corrected chi connectivity index (χ4v) is 2.88. The van der Waals surface area contributed by atoms with Crippen molar-refractivity contribution in [1.29, 1.82) is 0 Å². The van der Waals surface area contributed by atoms with Gasteiger partial charge in [0.15, 0.2) is 11.5 Å². The van der Waals surface area contributed by atoms with Gasteiger partial charge in [-0.05, 0) is 47.4 Å². The van der Waals surface area contributed by atoms with Gasteiger partial charge in [-0.2, -0.15) is 5.10 Å². The van der Waals surface area contributed by atoms with Crippen LogP contribution >= 0.6 is 0 Å². The SMILES string of the molecule is CCCOc1ccc(/C=C/C(=O)NCc2ccc(Cn3cccn3)cc2)cc1OC. The third-order valence-corrected chi connectivity index (χ3v) is 4.47. The van der Waals surface area contributed by atoms with Crippen LogP contribution in [0.3, 0.4) is 0 Å². The number of methoxy groups -OCH3 is 1. The molecule has 6 nitrogen and oxygen atoms in total. The first-order chi connectivity index (χ1) is 14.7. The lowest BCUT2D eigenvalue weighted by molar-refractivity contribution is -0.116. The van der Waals surface area contributed by atoms with E-state index in [4.69, 9.17) is 9.47 Å². The molecule has 0 fully saturated rings. The number of nitrogens with zero attached hydrogens (tertiary/aromatic N) is 2. The van der Waals surface area contributed by atoms with E-state index in [1.165, 1.54) is 6.08 Å². The van der Waals surface area contributed by atoms with E-state index in [1.807, 2.05) is 59.4 Å². The molecular weight excluding hydrogens is 378 g/mol. The predicted octanol–water partition coefficient (Wildman–Crippen LogP) is 4.06. The third-order valence-electron chi connectivity index (χ3n) is 4.47. The van der Waals surface area contributed by atoms with Crippen molar-refractivity contribution >= 4 is 12.0 Å². The van der Waals surface area contributed by atoms with Gasteiger partial charge in [0.1, 0.15) is 0 Å². The summed E-state index contributed by atoms with van der Waals surface area (Å²) in [6, 6.07) is 15.6. The Morgan fingerprint density at radius 3 is 2.63 bits per heavy atom. The third kappa shape index (κ3) is 6.24. The molecule has 0 atom stereocenters. The average Bonchev–Trinajstić information content (AvgIpc) is 3.29. The molecule has 2 aromatic carbocycles. The van der Waals surface area contributed by atoms with Crippen molar-refractivity contribution in [3.8, 4) is 11.5 Å². The average molecular weight is 405 g/mol. The van der Waals surface area contributed by atoms with Gasteiger partial charge in [-0.3, -0.25) is 9.48 Å². The maximum Gasteiger partial charge on any atom is 0.244 e. The molecule has 1 aromatic heterocycles. The molecule has 1 N–H and O–H groups in total. The number of nitrogens with one attached hydrogen (secondary N) is 1. The largest absolute Gasteiger partial charge is 0.493 e. The molecule has 0 aliphatic heterocycles. The Labute approximate surface area is 177 Å². The van der Waals surface area contributed by atoms with Gasteiger partial charge < -0.3 is 14.8 Å². The van der Waals surface area contributed by atoms with Gasteiger partial charge >= 0.3 is 0 Å². The van der Waals surface area contributed by atoms with Crippen LogP contribution in [0.2, 0.25) is 0 Å². The first-order valence-electron chi connectivity index (χ1n) is 10.00. The summed E-state index contributed by atoms with van der Waals surface area (Å²) < 4.78 is 12.9. The Balaban J connectivity index is 1.51. The molecule has 0 bridgehead atoms. The van der Waals surface area contributed by atoms with Gasteiger partial charge in [-0.15, -0.1) is 0 Å². The van der Waals surface area contributed by atoms with E-state index in [0.717, 1.165) is 29.7 Å². The van der Waals surface area contributed by atoms with Crippen LogP contribution in [0.4, 0.5) is 0 Å². The Morgan fingerprint density at radius 2 is 1.93 bits per heavy atom. The van der Waals surface area contributed by atoms with Gasteiger partial charge in [0.25, 0.3) is 0 Å². The second-order valence-electron chi connectivity index (χ2n) is 6.83. The van der Waals surface area contributed by atoms with E-state index >= 15 is 0 Å². The normalized spacial score (nSPS) is 10.9. The number of hydrogen-bond donors (Lipinski definition) is 1. The minimum absolute atomic E-state index is 0.152. The first kappa shape index (κ1) is 21.2. The van der Waals surface area contributed by atoms with Crippen LogP contribution in [0.25, 0.3) is 6.08 Å². The Hall–Kier alpha value is -3.54. The molecule has 30 heavy (non-hydrogen) atoms. The summed E-state index contributed by atoms with van der Waals surface area (Å²) in [4.78, 5) is 12.2. The zero-order valence-corrected chi connectivity index (χ0v) is 17.4. The van der Waals surface area contributed by atoms with Gasteiger partial charge in [0.05, 0.1) is 20.3 Å². The van der Waals surface area contributed by atoms with E-state index < -0.39 is 0 Å². The molecule has 0 saturated heterocycles. The van der Waals surface area contributed by atoms with Gasteiger partial charge in [-0.25, -0.2) is 0 Å². The predicted molar refractivity (Wildman–Crippen MR) is 117 cm³/mol. The van der Waals surface area contributed by atoms with Crippen molar-refractivity contribution in [3.63, 3.8) is 0 Å². The maximum absolute atomic E-state index is 12.2. The maximum atomic E-state index is 12.2. The van der Waals surface area contributed by atoms with Gasteiger partial charge in [-0.1, -0.05) is 37.3 Å².